The number of aliphatic hydroxyl groups is 1. The summed E-state index contributed by atoms with van der Waals surface area (Å²) in [6, 6.07) is 16.8. The third kappa shape index (κ3) is 24.4. The largest absolute Gasteiger partial charge is 0.508 e. The Kier molecular flexibility index (Phi) is 28.8. The van der Waals surface area contributed by atoms with E-state index in [2.05, 4.69) is 52.8 Å². The van der Waals surface area contributed by atoms with Crippen molar-refractivity contribution in [2.75, 3.05) is 30.3 Å². The van der Waals surface area contributed by atoms with Crippen LogP contribution in [-0.2, 0) is 62.4 Å². The third-order valence-electron chi connectivity index (χ3n) is 14.3. The number of rotatable bonds is 23. The van der Waals surface area contributed by atoms with E-state index in [-0.39, 0.29) is 74.6 Å². The first-order valence-electron chi connectivity index (χ1n) is 29.8. The molecule has 0 radical (unpaired) electrons. The molecule has 1 aliphatic carbocycles. The fraction of sp³-hybridized carbons (Fsp3) is 0.444. The molecule has 3 aromatic carbocycles. The minimum absolute atomic E-state index is 0.00600. The van der Waals surface area contributed by atoms with Gasteiger partial charge in [0.1, 0.15) is 52.6 Å². The van der Waals surface area contributed by atoms with Crippen LogP contribution in [0.2, 0.25) is 0 Å². The number of benzene rings is 3. The topological polar surface area (TPSA) is 368 Å². The molecule has 0 unspecified atom stereocenters. The number of primary amides is 1. The van der Waals surface area contributed by atoms with E-state index < -0.39 is 126 Å². The number of Topliss-reactive ketones (excluding diaryl/α,β-unsaturated/α-hetero) is 1. The van der Waals surface area contributed by atoms with E-state index in [1.54, 1.807) is 94.6 Å². The number of nitrogens with two attached hydrogens (primary N) is 1. The molecule has 0 saturated carbocycles. The predicted molar refractivity (Wildman–Crippen MR) is 352 cm³/mol. The number of nitrogens with zero attached hydrogens (tertiary/aromatic N) is 1. The van der Waals surface area contributed by atoms with Gasteiger partial charge in [-0.25, -0.2) is 14.6 Å². The number of ketones is 1. The highest BCUT2D eigenvalue weighted by Crippen LogP contribution is 2.32. The second kappa shape index (κ2) is 36.3. The minimum Gasteiger partial charge on any atom is -0.508 e. The van der Waals surface area contributed by atoms with Crippen LogP contribution < -0.4 is 53.6 Å². The first kappa shape index (κ1) is 72.3. The number of aromatic nitrogens is 1. The van der Waals surface area contributed by atoms with Gasteiger partial charge in [-0.1, -0.05) is 111 Å². The highest BCUT2D eigenvalue weighted by atomic mass is 33.1. The summed E-state index contributed by atoms with van der Waals surface area (Å²) in [6.45, 7) is 8.39. The Morgan fingerprint density at radius 2 is 1.46 bits per heavy atom. The number of carbonyl (C=O) groups excluding carboxylic acids is 10. The molecule has 4 aromatic rings. The Hall–Kier alpha value is -7.79. The summed E-state index contributed by atoms with van der Waals surface area (Å²) < 4.78 is 5.36. The fourth-order valence-corrected chi connectivity index (χ4v) is 14.1. The van der Waals surface area contributed by atoms with Gasteiger partial charge in [0.2, 0.25) is 41.4 Å². The van der Waals surface area contributed by atoms with E-state index >= 15 is 14.4 Å². The van der Waals surface area contributed by atoms with Crippen LogP contribution in [0.4, 0.5) is 9.59 Å². The van der Waals surface area contributed by atoms with Gasteiger partial charge in [-0.15, -0.1) is 0 Å². The summed E-state index contributed by atoms with van der Waals surface area (Å²) in [5.74, 6) is -8.65. The number of nitrogens with one attached hydrogen (secondary N) is 9. The van der Waals surface area contributed by atoms with Crippen LogP contribution in [0, 0.1) is 5.92 Å². The lowest BCUT2D eigenvalue weighted by Crippen LogP contribution is -2.61. The Balaban J connectivity index is 1.41. The molecule has 2 aliphatic rings. The van der Waals surface area contributed by atoms with E-state index in [0.29, 0.717) is 28.1 Å². The lowest BCUT2D eigenvalue weighted by molar-refractivity contribution is -0.137. The number of aliphatic hydroxyl groups excluding tert-OH is 1. The summed E-state index contributed by atoms with van der Waals surface area (Å²) in [5.41, 5.74) is 8.71. The maximum Gasteiger partial charge on any atom is 0.407 e. The average molecular weight is 1330 g/mol. The molecule has 6 rings (SSSR count). The van der Waals surface area contributed by atoms with Crippen molar-refractivity contribution < 1.29 is 62.9 Å². The number of carbonyl (C=O) groups is 10. The number of pyridine rings is 1. The van der Waals surface area contributed by atoms with Gasteiger partial charge in [-0.2, -0.15) is 0 Å². The number of ether oxygens (including phenoxy) is 1. The molecule has 24 nitrogen and oxygen atoms in total. The number of allylic oxidation sites excluding steroid dienone is 1. The Morgan fingerprint density at radius 3 is 2.15 bits per heavy atom. The van der Waals surface area contributed by atoms with Gasteiger partial charge in [-0.3, -0.25) is 38.4 Å². The third-order valence-corrected chi connectivity index (χ3v) is 19.0. The molecule has 91 heavy (non-hydrogen) atoms. The molecule has 1 fully saturated rings. The Labute approximate surface area is 545 Å². The number of amides is 10. The zero-order valence-electron chi connectivity index (χ0n) is 51.3. The van der Waals surface area contributed by atoms with Gasteiger partial charge in [0, 0.05) is 61.7 Å². The molecule has 0 bridgehead atoms. The zero-order valence-corrected chi connectivity index (χ0v) is 54.6. The predicted octanol–water partition coefficient (Wildman–Crippen LogP) is 4.17. The molecule has 1 aromatic heterocycles. The molecule has 490 valence electrons. The maximum atomic E-state index is 15.2. The van der Waals surface area contributed by atoms with Crippen molar-refractivity contribution >= 4 is 108 Å². The number of phenols is 1. The molecular formula is C63H81N11O13S4. The van der Waals surface area contributed by atoms with Crippen LogP contribution in [0.25, 0.3) is 5.57 Å². The number of alkyl carbamates (subject to hydrolysis) is 1. The first-order valence-corrected chi connectivity index (χ1v) is 34.6. The quantitative estimate of drug-likeness (QED) is 0.0366. The van der Waals surface area contributed by atoms with Crippen LogP contribution in [-0.4, -0.2) is 159 Å². The van der Waals surface area contributed by atoms with Crippen LogP contribution in [0.1, 0.15) is 89.0 Å². The van der Waals surface area contributed by atoms with Crippen molar-refractivity contribution in [1.29, 1.82) is 0 Å². The smallest absolute Gasteiger partial charge is 0.407 e. The zero-order chi connectivity index (χ0) is 66.0. The van der Waals surface area contributed by atoms with Crippen LogP contribution in [0.5, 0.6) is 5.75 Å². The molecule has 28 heteroatoms. The molecule has 10 amide bonds. The fourth-order valence-electron chi connectivity index (χ4n) is 9.62. The van der Waals surface area contributed by atoms with E-state index in [1.807, 2.05) is 30.3 Å². The molecule has 9 atom stereocenters. The number of aromatic hydroxyl groups is 1. The summed E-state index contributed by atoms with van der Waals surface area (Å²) in [7, 11) is 4.39. The molecular weight excluding hydrogens is 1250 g/mol. The van der Waals surface area contributed by atoms with Crippen molar-refractivity contribution in [2.24, 2.45) is 11.7 Å². The van der Waals surface area contributed by atoms with E-state index in [9.17, 15) is 43.8 Å². The molecule has 1 aliphatic heterocycles. The highest BCUT2D eigenvalue weighted by Gasteiger charge is 2.38. The second-order valence-electron chi connectivity index (χ2n) is 22.7. The standard InChI is InChI=1S/C63H81N11O13S4/c1-6-65-61(85)73-46(31-38-16-8-7-9-17-38)57(81)70-48-34-88-89-36-50(59(83)71-49(54(64)78)35-90-91-52-21-13-15-28-66-52)72-60(84)53(37(2)75)74-56(80)45(20-12-14-29-67-62(86)87-63(3,4)5)68-58(82)47(32-41-25-24-40-18-10-11-19-44(40)41)69-55(79)42(33-51(48)77)30-39-22-26-43(76)27-23-39/h7-11,13,15-19,21-23,25-28,37,42,45-50,53,75-76H,6,12,14,20,24,29-36H2,1-5H3,(H2,64,78)(H,67,86)(H,68,82)(H,69,79)(H,70,81)(H,71,83)(H,72,84)(H,74,80)(H2,65,73,85)/t37-,42-,45+,46-,47-,48+,49+,50+,53+/m1/s1. The van der Waals surface area contributed by atoms with Gasteiger partial charge in [0.15, 0.2) is 5.78 Å². The summed E-state index contributed by atoms with van der Waals surface area (Å²) in [6.07, 6.45) is 1.34. The summed E-state index contributed by atoms with van der Waals surface area (Å²) in [4.78, 5) is 147. The number of hydrogen-bond acceptors (Lipinski definition) is 18. The van der Waals surface area contributed by atoms with E-state index in [1.165, 1.54) is 40.6 Å². The van der Waals surface area contributed by atoms with Gasteiger partial charge >= 0.3 is 12.1 Å². The number of phenolic OH excluding ortho intramolecular Hbond substituents is 1. The van der Waals surface area contributed by atoms with Crippen LogP contribution >= 0.6 is 43.2 Å². The van der Waals surface area contributed by atoms with Crippen LogP contribution in [0.15, 0.2) is 114 Å². The monoisotopic (exact) mass is 1330 g/mol. The van der Waals surface area contributed by atoms with E-state index in [0.717, 1.165) is 32.7 Å². The lowest BCUT2D eigenvalue weighted by atomic mass is 9.90. The van der Waals surface area contributed by atoms with Gasteiger partial charge in [0.05, 0.1) is 12.1 Å². The van der Waals surface area contributed by atoms with Crippen molar-refractivity contribution in [2.45, 2.75) is 145 Å². The molecule has 13 N–H and O–H groups in total. The highest BCUT2D eigenvalue weighted by molar-refractivity contribution is 8.77. The van der Waals surface area contributed by atoms with Crippen molar-refractivity contribution in [1.82, 2.24) is 52.8 Å². The van der Waals surface area contributed by atoms with Gasteiger partial charge in [-0.05, 0) is 130 Å². The molecule has 0 spiro atoms. The lowest BCUT2D eigenvalue weighted by Gasteiger charge is -2.29. The molecule has 2 heterocycles. The maximum absolute atomic E-state index is 15.2. The summed E-state index contributed by atoms with van der Waals surface area (Å²) >= 11 is 0. The van der Waals surface area contributed by atoms with Gasteiger partial charge in [0.25, 0.3) is 0 Å². The summed E-state index contributed by atoms with van der Waals surface area (Å²) in [5, 5.41) is 46.4. The number of urea groups is 1. The molecule has 1 saturated heterocycles. The number of hydrogen-bond donors (Lipinski definition) is 12. The van der Waals surface area contributed by atoms with Crippen molar-refractivity contribution in [3.63, 3.8) is 0 Å². The average Bonchev–Trinajstić information content (AvgIpc) is 3.44. The Morgan fingerprint density at radius 1 is 0.769 bits per heavy atom. The minimum atomic E-state index is -1.78. The Bertz CT molecular complexity index is 3180. The SMILES string of the molecule is CCNC(=O)N[C@H](Cc1ccccc1)C(=O)N[C@H]1CSSC[C@@H](C(=O)N[C@@H](CSSc2ccccn2)C(N)=O)NC(=O)[C@H]([C@@H](C)O)NC(=O)[C@H](CCCCNC(=O)OC(C)(C)C)NC(=O)[C@@H](CC2=CCc3ccccc32)NC(=O)[C@H](Cc2ccc(O)cc2)CC1=O. The van der Waals surface area contributed by atoms with Crippen molar-refractivity contribution in [3.8, 4) is 5.75 Å². The second-order valence-corrected chi connectivity index (χ2v) is 27.7. The first-order chi connectivity index (χ1) is 43.5. The van der Waals surface area contributed by atoms with Crippen LogP contribution in [0.3, 0.4) is 0 Å². The van der Waals surface area contributed by atoms with Gasteiger partial charge < -0.3 is 68.5 Å². The number of fused-ring (bicyclic) bond motifs is 1. The normalized spacial score (nSPS) is 20.5. The van der Waals surface area contributed by atoms with Crippen molar-refractivity contribution in [3.05, 3.63) is 132 Å². The number of unbranched alkanes of at least 4 members (excludes halogenated alkanes) is 1. The van der Waals surface area contributed by atoms with E-state index in [4.69, 9.17) is 10.5 Å².